The number of anilines is 2. The second kappa shape index (κ2) is 8.46. The van der Waals surface area contributed by atoms with E-state index >= 15 is 0 Å². The average molecular weight is 479 g/mol. The molecule has 9 heteroatoms. The highest BCUT2D eigenvalue weighted by molar-refractivity contribution is 7.93. The number of fused-ring (bicyclic) bond motifs is 1. The van der Waals surface area contributed by atoms with E-state index in [1.54, 1.807) is 24.4 Å². The van der Waals surface area contributed by atoms with Crippen molar-refractivity contribution in [1.82, 2.24) is 9.97 Å². The average Bonchev–Trinajstić information content (AvgIpc) is 3.17. The summed E-state index contributed by atoms with van der Waals surface area (Å²) in [6.07, 6.45) is 2.34. The van der Waals surface area contributed by atoms with E-state index in [9.17, 15) is 13.2 Å². The van der Waals surface area contributed by atoms with Gasteiger partial charge in [0.1, 0.15) is 0 Å². The summed E-state index contributed by atoms with van der Waals surface area (Å²) >= 11 is 6.34. The molecule has 7 nitrogen and oxygen atoms in total. The number of nitrogens with zero attached hydrogens (tertiary/aromatic N) is 3. The lowest BCUT2D eigenvalue weighted by atomic mass is 10.1. The van der Waals surface area contributed by atoms with Gasteiger partial charge in [0.2, 0.25) is 10.0 Å². The second-order valence-electron chi connectivity index (χ2n) is 7.69. The predicted octanol–water partition coefficient (Wildman–Crippen LogP) is 4.74. The molecule has 1 amide bonds. The molecule has 1 N–H and O–H groups in total. The molecule has 0 bridgehead atoms. The minimum absolute atomic E-state index is 0.115. The summed E-state index contributed by atoms with van der Waals surface area (Å²) < 4.78 is 25.6. The summed E-state index contributed by atoms with van der Waals surface area (Å²) in [4.78, 5) is 21.9. The number of benzene rings is 3. The maximum atomic E-state index is 12.9. The summed E-state index contributed by atoms with van der Waals surface area (Å²) in [5.41, 5.74) is 2.88. The maximum absolute atomic E-state index is 12.9. The highest BCUT2D eigenvalue weighted by Crippen LogP contribution is 2.29. The van der Waals surface area contributed by atoms with Gasteiger partial charge in [-0.3, -0.25) is 9.10 Å². The highest BCUT2D eigenvalue weighted by Gasteiger charge is 2.29. The van der Waals surface area contributed by atoms with Gasteiger partial charge in [0.15, 0.2) is 5.82 Å². The van der Waals surface area contributed by atoms with Crippen molar-refractivity contribution in [2.24, 2.45) is 0 Å². The zero-order valence-corrected chi connectivity index (χ0v) is 19.0. The number of para-hydroxylation sites is 1. The summed E-state index contributed by atoms with van der Waals surface area (Å²) in [6, 6.07) is 19.6. The number of sulfonamides is 1. The molecule has 0 spiro atoms. The molecule has 3 aromatic carbocycles. The van der Waals surface area contributed by atoms with Crippen LogP contribution in [0, 0.1) is 0 Å². The number of rotatable bonds is 4. The van der Waals surface area contributed by atoms with Crippen LogP contribution in [-0.4, -0.2) is 36.6 Å². The van der Waals surface area contributed by atoms with Crippen LogP contribution < -0.4 is 9.62 Å². The summed E-state index contributed by atoms with van der Waals surface area (Å²) in [6.45, 7) is 0.411. The van der Waals surface area contributed by atoms with E-state index in [2.05, 4.69) is 15.3 Å². The van der Waals surface area contributed by atoms with Crippen LogP contribution in [0.2, 0.25) is 5.02 Å². The molecule has 0 atom stereocenters. The molecule has 2 heterocycles. The zero-order chi connectivity index (χ0) is 23.0. The fraction of sp³-hybridized carbons (Fsp3) is 0.125. The lowest BCUT2D eigenvalue weighted by molar-refractivity contribution is 0.102. The molecule has 0 saturated carbocycles. The molecule has 5 rings (SSSR count). The molecule has 4 aromatic rings. The number of aromatic nitrogens is 2. The first-order valence-electron chi connectivity index (χ1n) is 10.3. The molecule has 166 valence electrons. The minimum atomic E-state index is -3.32. The van der Waals surface area contributed by atoms with Crippen LogP contribution in [0.4, 0.5) is 11.4 Å². The molecule has 1 aliphatic heterocycles. The van der Waals surface area contributed by atoms with Gasteiger partial charge in [-0.1, -0.05) is 41.9 Å². The first-order valence-corrected chi connectivity index (χ1v) is 12.3. The fourth-order valence-electron chi connectivity index (χ4n) is 3.82. The maximum Gasteiger partial charge on any atom is 0.257 e. The largest absolute Gasteiger partial charge is 0.322 e. The minimum Gasteiger partial charge on any atom is -0.322 e. The van der Waals surface area contributed by atoms with Gasteiger partial charge in [-0.2, -0.15) is 0 Å². The Hall–Kier alpha value is -3.49. The van der Waals surface area contributed by atoms with E-state index < -0.39 is 15.9 Å². The van der Waals surface area contributed by atoms with Gasteiger partial charge in [0.25, 0.3) is 5.91 Å². The van der Waals surface area contributed by atoms with Gasteiger partial charge < -0.3 is 5.32 Å². The number of carbonyl (C=O) groups excluding carboxylic acids is 1. The van der Waals surface area contributed by atoms with Crippen molar-refractivity contribution < 1.29 is 13.2 Å². The van der Waals surface area contributed by atoms with Crippen LogP contribution in [0.1, 0.15) is 16.8 Å². The Morgan fingerprint density at radius 3 is 2.67 bits per heavy atom. The molecule has 0 radical (unpaired) electrons. The summed E-state index contributed by atoms with van der Waals surface area (Å²) in [5.74, 6) is 0.274. The predicted molar refractivity (Wildman–Crippen MR) is 130 cm³/mol. The number of nitrogens with one attached hydrogen (secondary N) is 1. The Morgan fingerprint density at radius 2 is 1.88 bits per heavy atom. The third-order valence-corrected chi connectivity index (χ3v) is 7.63. The van der Waals surface area contributed by atoms with Crippen LogP contribution in [0.3, 0.4) is 0 Å². The van der Waals surface area contributed by atoms with Gasteiger partial charge in [0, 0.05) is 29.4 Å². The van der Waals surface area contributed by atoms with Crippen LogP contribution in [0.25, 0.3) is 22.3 Å². The van der Waals surface area contributed by atoms with Crippen LogP contribution in [0.5, 0.6) is 0 Å². The Bertz CT molecular complexity index is 1490. The Labute approximate surface area is 196 Å². The Kier molecular flexibility index (Phi) is 5.47. The number of hydrogen-bond donors (Lipinski definition) is 1. The van der Waals surface area contributed by atoms with Gasteiger partial charge in [-0.25, -0.2) is 18.4 Å². The number of hydrogen-bond acceptors (Lipinski definition) is 5. The van der Waals surface area contributed by atoms with Gasteiger partial charge in [-0.15, -0.1) is 0 Å². The van der Waals surface area contributed by atoms with Crippen molar-refractivity contribution in [3.8, 4) is 11.4 Å². The molecule has 0 unspecified atom stereocenters. The standard InChI is InChI=1S/C24H19ClN4O3S/c25-21-14-19(29-11-4-12-33(29,31)32)9-10-20(21)24(30)27-18-7-3-6-16(13-18)23-26-15-17-5-1-2-8-22(17)28-23/h1-3,5-10,13-15H,4,11-12H2,(H,27,30). The topological polar surface area (TPSA) is 92.3 Å². The Balaban J connectivity index is 1.38. The first kappa shape index (κ1) is 21.4. The lowest BCUT2D eigenvalue weighted by Gasteiger charge is -2.18. The van der Waals surface area contributed by atoms with E-state index in [1.165, 1.54) is 16.4 Å². The van der Waals surface area contributed by atoms with Crippen molar-refractivity contribution >= 4 is 49.8 Å². The number of carbonyl (C=O) groups is 1. The molecule has 1 saturated heterocycles. The monoisotopic (exact) mass is 478 g/mol. The van der Waals surface area contributed by atoms with Crippen molar-refractivity contribution in [1.29, 1.82) is 0 Å². The molecule has 1 aromatic heterocycles. The first-order chi connectivity index (χ1) is 15.9. The van der Waals surface area contributed by atoms with E-state index in [4.69, 9.17) is 11.6 Å². The van der Waals surface area contributed by atoms with Gasteiger partial charge in [0.05, 0.1) is 27.5 Å². The van der Waals surface area contributed by atoms with E-state index in [1.807, 2.05) is 36.4 Å². The van der Waals surface area contributed by atoms with E-state index in [0.717, 1.165) is 16.5 Å². The van der Waals surface area contributed by atoms with Crippen molar-refractivity contribution in [2.75, 3.05) is 21.9 Å². The Morgan fingerprint density at radius 1 is 1.03 bits per heavy atom. The summed E-state index contributed by atoms with van der Waals surface area (Å²) in [7, 11) is -3.32. The van der Waals surface area contributed by atoms with Crippen molar-refractivity contribution in [3.63, 3.8) is 0 Å². The fourth-order valence-corrected chi connectivity index (χ4v) is 5.64. The highest BCUT2D eigenvalue weighted by atomic mass is 35.5. The normalized spacial score (nSPS) is 15.0. The molecular weight excluding hydrogens is 460 g/mol. The van der Waals surface area contributed by atoms with E-state index in [-0.39, 0.29) is 16.3 Å². The zero-order valence-electron chi connectivity index (χ0n) is 17.4. The van der Waals surface area contributed by atoms with Gasteiger partial charge >= 0.3 is 0 Å². The lowest BCUT2D eigenvalue weighted by Crippen LogP contribution is -2.25. The molecular formula is C24H19ClN4O3S. The second-order valence-corrected chi connectivity index (χ2v) is 10.1. The SMILES string of the molecule is O=C(Nc1cccc(-c2ncc3ccccc3n2)c1)c1ccc(N2CCCS2(=O)=O)cc1Cl. The third kappa shape index (κ3) is 4.27. The van der Waals surface area contributed by atoms with Crippen LogP contribution in [-0.2, 0) is 10.0 Å². The molecule has 1 aliphatic rings. The van der Waals surface area contributed by atoms with Crippen molar-refractivity contribution in [2.45, 2.75) is 6.42 Å². The van der Waals surface area contributed by atoms with E-state index in [0.29, 0.717) is 30.2 Å². The third-order valence-electron chi connectivity index (χ3n) is 5.45. The smallest absolute Gasteiger partial charge is 0.257 e. The molecule has 0 aliphatic carbocycles. The number of amides is 1. The summed E-state index contributed by atoms with van der Waals surface area (Å²) in [5, 5.41) is 3.97. The number of halogens is 1. The quantitative estimate of drug-likeness (QED) is 0.457. The van der Waals surface area contributed by atoms with Crippen LogP contribution in [0.15, 0.2) is 72.9 Å². The molecule has 1 fully saturated rings. The van der Waals surface area contributed by atoms with Crippen LogP contribution >= 0.6 is 11.6 Å². The van der Waals surface area contributed by atoms with Gasteiger partial charge in [-0.05, 0) is 42.8 Å². The van der Waals surface area contributed by atoms with Crippen molar-refractivity contribution in [3.05, 3.63) is 83.5 Å². The molecule has 33 heavy (non-hydrogen) atoms.